The maximum atomic E-state index is 13.2. The van der Waals surface area contributed by atoms with Gasteiger partial charge in [0.05, 0.1) is 0 Å². The second kappa shape index (κ2) is 8.02. The third-order valence-corrected chi connectivity index (χ3v) is 5.94. The van der Waals surface area contributed by atoms with Crippen molar-refractivity contribution < 1.29 is 13.6 Å². The number of amides is 1. The summed E-state index contributed by atoms with van der Waals surface area (Å²) in [5, 5.41) is 11.3. The zero-order valence-electron chi connectivity index (χ0n) is 12.9. The molecule has 1 aromatic heterocycles. The monoisotopic (exact) mass is 369 g/mol. The molecule has 1 heterocycles. The first-order valence-corrected chi connectivity index (χ1v) is 9.62. The fourth-order valence-electron chi connectivity index (χ4n) is 2.73. The molecule has 2 aromatic rings. The molecule has 3 rings (SSSR count). The lowest BCUT2D eigenvalue weighted by molar-refractivity contribution is -0.120. The highest BCUT2D eigenvalue weighted by Crippen LogP contribution is 2.30. The molecule has 1 amide bonds. The van der Waals surface area contributed by atoms with Gasteiger partial charge in [0.2, 0.25) is 11.0 Å². The first kappa shape index (κ1) is 17.3. The summed E-state index contributed by atoms with van der Waals surface area (Å²) >= 11 is 2.61. The van der Waals surface area contributed by atoms with Crippen LogP contribution in [0.2, 0.25) is 0 Å². The number of nitrogens with zero attached hydrogens (tertiary/aromatic N) is 2. The molecule has 1 aliphatic rings. The molecule has 1 N–H and O–H groups in total. The van der Waals surface area contributed by atoms with Crippen LogP contribution in [-0.2, 0) is 10.5 Å². The van der Waals surface area contributed by atoms with E-state index in [-0.39, 0.29) is 11.8 Å². The third kappa shape index (κ3) is 4.73. The smallest absolute Gasteiger partial charge is 0.229 e. The van der Waals surface area contributed by atoms with Crippen LogP contribution in [0.3, 0.4) is 0 Å². The van der Waals surface area contributed by atoms with Crippen molar-refractivity contribution in [2.24, 2.45) is 5.92 Å². The van der Waals surface area contributed by atoms with Gasteiger partial charge in [0.25, 0.3) is 0 Å². The van der Waals surface area contributed by atoms with Crippen LogP contribution in [0.15, 0.2) is 22.5 Å². The normalized spacial score (nSPS) is 15.4. The highest BCUT2D eigenvalue weighted by atomic mass is 32.2. The maximum Gasteiger partial charge on any atom is 0.229 e. The molecule has 0 radical (unpaired) electrons. The molecule has 0 aliphatic heterocycles. The second-order valence-corrected chi connectivity index (χ2v) is 7.96. The predicted octanol–water partition coefficient (Wildman–Crippen LogP) is 4.63. The zero-order valence-corrected chi connectivity index (χ0v) is 14.6. The predicted molar refractivity (Wildman–Crippen MR) is 91.0 cm³/mol. The number of hydrogen-bond acceptors (Lipinski definition) is 5. The van der Waals surface area contributed by atoms with E-state index in [1.165, 1.54) is 41.7 Å². The Balaban J connectivity index is 1.54. The molecule has 1 aliphatic carbocycles. The average Bonchev–Trinajstić information content (AvgIpc) is 3.00. The first-order valence-electron chi connectivity index (χ1n) is 7.82. The van der Waals surface area contributed by atoms with Gasteiger partial charge in [-0.1, -0.05) is 42.4 Å². The van der Waals surface area contributed by atoms with Crippen molar-refractivity contribution in [2.45, 2.75) is 42.2 Å². The number of carbonyl (C=O) groups excluding carboxylic acids is 1. The lowest BCUT2D eigenvalue weighted by Gasteiger charge is -2.19. The SMILES string of the molecule is O=C(Nc1nnc(SCc2cc(F)cc(F)c2)s1)C1CCCCC1. The van der Waals surface area contributed by atoms with Crippen LogP contribution in [0.4, 0.5) is 13.9 Å². The van der Waals surface area contributed by atoms with E-state index >= 15 is 0 Å². The largest absolute Gasteiger partial charge is 0.300 e. The Morgan fingerprint density at radius 3 is 2.58 bits per heavy atom. The molecule has 0 bridgehead atoms. The van der Waals surface area contributed by atoms with Gasteiger partial charge in [-0.05, 0) is 30.5 Å². The highest BCUT2D eigenvalue weighted by Gasteiger charge is 2.22. The number of nitrogens with one attached hydrogen (secondary N) is 1. The van der Waals surface area contributed by atoms with Gasteiger partial charge in [0, 0.05) is 17.7 Å². The van der Waals surface area contributed by atoms with Gasteiger partial charge < -0.3 is 5.32 Å². The summed E-state index contributed by atoms with van der Waals surface area (Å²) in [6.07, 6.45) is 5.25. The van der Waals surface area contributed by atoms with Crippen LogP contribution in [0, 0.1) is 17.6 Å². The number of halogens is 2. The van der Waals surface area contributed by atoms with Crippen LogP contribution >= 0.6 is 23.1 Å². The van der Waals surface area contributed by atoms with Crippen molar-refractivity contribution in [2.75, 3.05) is 5.32 Å². The Labute approximate surface area is 147 Å². The Bertz CT molecular complexity index is 697. The summed E-state index contributed by atoms with van der Waals surface area (Å²) in [5.74, 6) is -0.727. The molecule has 1 aromatic carbocycles. The summed E-state index contributed by atoms with van der Waals surface area (Å²) in [6, 6.07) is 3.43. The molecule has 0 saturated heterocycles. The summed E-state index contributed by atoms with van der Waals surface area (Å²) in [4.78, 5) is 12.2. The van der Waals surface area contributed by atoms with Crippen LogP contribution < -0.4 is 5.32 Å². The maximum absolute atomic E-state index is 13.2. The van der Waals surface area contributed by atoms with Gasteiger partial charge >= 0.3 is 0 Å². The van der Waals surface area contributed by atoms with E-state index in [9.17, 15) is 13.6 Å². The zero-order chi connectivity index (χ0) is 16.9. The molecule has 4 nitrogen and oxygen atoms in total. The summed E-state index contributed by atoms with van der Waals surface area (Å²) < 4.78 is 27.0. The van der Waals surface area contributed by atoms with Gasteiger partial charge in [-0.15, -0.1) is 10.2 Å². The minimum absolute atomic E-state index is 0.00889. The molecular weight excluding hydrogens is 352 g/mol. The molecule has 8 heteroatoms. The van der Waals surface area contributed by atoms with E-state index in [1.807, 2.05) is 0 Å². The molecule has 1 fully saturated rings. The van der Waals surface area contributed by atoms with Gasteiger partial charge in [0.1, 0.15) is 11.6 Å². The third-order valence-electron chi connectivity index (χ3n) is 3.90. The van der Waals surface area contributed by atoms with Crippen molar-refractivity contribution in [1.29, 1.82) is 0 Å². The Morgan fingerprint density at radius 1 is 1.17 bits per heavy atom. The quantitative estimate of drug-likeness (QED) is 0.617. The fourth-order valence-corrected chi connectivity index (χ4v) is 4.42. The average molecular weight is 369 g/mol. The standard InChI is InChI=1S/C16H17F2N3OS2/c17-12-6-10(7-13(18)8-12)9-23-16-21-20-15(24-16)19-14(22)11-4-2-1-3-5-11/h6-8,11H,1-5,9H2,(H,19,20,22). The molecule has 0 unspecified atom stereocenters. The van der Waals surface area contributed by atoms with E-state index in [4.69, 9.17) is 0 Å². The minimum Gasteiger partial charge on any atom is -0.300 e. The number of benzene rings is 1. The number of anilines is 1. The number of rotatable bonds is 5. The lowest BCUT2D eigenvalue weighted by Crippen LogP contribution is -2.24. The summed E-state index contributed by atoms with van der Waals surface area (Å²) in [7, 11) is 0. The van der Waals surface area contributed by atoms with Gasteiger partial charge in [0.15, 0.2) is 4.34 Å². The molecule has 0 atom stereocenters. The molecule has 24 heavy (non-hydrogen) atoms. The van der Waals surface area contributed by atoms with Crippen LogP contribution in [0.1, 0.15) is 37.7 Å². The Morgan fingerprint density at radius 2 is 1.88 bits per heavy atom. The van der Waals surface area contributed by atoms with Crippen molar-refractivity contribution in [3.63, 3.8) is 0 Å². The topological polar surface area (TPSA) is 54.9 Å². The van der Waals surface area contributed by atoms with E-state index in [1.54, 1.807) is 0 Å². The number of thioether (sulfide) groups is 1. The number of hydrogen-bond donors (Lipinski definition) is 1. The number of aromatic nitrogens is 2. The van der Waals surface area contributed by atoms with Gasteiger partial charge in [-0.2, -0.15) is 0 Å². The van der Waals surface area contributed by atoms with E-state index in [2.05, 4.69) is 15.5 Å². The van der Waals surface area contributed by atoms with Crippen LogP contribution in [0.25, 0.3) is 0 Å². The van der Waals surface area contributed by atoms with E-state index < -0.39 is 11.6 Å². The van der Waals surface area contributed by atoms with E-state index in [0.29, 0.717) is 20.8 Å². The fraction of sp³-hybridized carbons (Fsp3) is 0.438. The van der Waals surface area contributed by atoms with Crippen molar-refractivity contribution in [3.8, 4) is 0 Å². The van der Waals surface area contributed by atoms with Crippen molar-refractivity contribution in [1.82, 2.24) is 10.2 Å². The Kier molecular flexibility index (Phi) is 5.78. The van der Waals surface area contributed by atoms with Gasteiger partial charge in [-0.25, -0.2) is 8.78 Å². The molecule has 1 saturated carbocycles. The van der Waals surface area contributed by atoms with E-state index in [0.717, 1.165) is 31.7 Å². The summed E-state index contributed by atoms with van der Waals surface area (Å²) in [6.45, 7) is 0. The molecule has 128 valence electrons. The molecular formula is C16H17F2N3OS2. The highest BCUT2D eigenvalue weighted by molar-refractivity contribution is 8.00. The summed E-state index contributed by atoms with van der Waals surface area (Å²) in [5.41, 5.74) is 0.542. The lowest BCUT2D eigenvalue weighted by atomic mass is 9.89. The first-order chi connectivity index (χ1) is 11.6. The Hall–Kier alpha value is -1.54. The van der Waals surface area contributed by atoms with Crippen LogP contribution in [-0.4, -0.2) is 16.1 Å². The number of carbonyl (C=O) groups is 1. The minimum atomic E-state index is -0.594. The second-order valence-electron chi connectivity index (χ2n) is 5.76. The molecule has 0 spiro atoms. The van der Waals surface area contributed by atoms with Gasteiger partial charge in [-0.3, -0.25) is 4.79 Å². The van der Waals surface area contributed by atoms with Crippen molar-refractivity contribution >= 4 is 34.1 Å². The van der Waals surface area contributed by atoms with Crippen molar-refractivity contribution in [3.05, 3.63) is 35.4 Å². The van der Waals surface area contributed by atoms with Crippen LogP contribution in [0.5, 0.6) is 0 Å².